The summed E-state index contributed by atoms with van der Waals surface area (Å²) in [6.07, 6.45) is 1.93. The first-order valence-electron chi connectivity index (χ1n) is 9.45. The van der Waals surface area contributed by atoms with E-state index in [0.717, 1.165) is 16.6 Å². The summed E-state index contributed by atoms with van der Waals surface area (Å²) in [7, 11) is 0. The molecular weight excluding hydrogens is 348 g/mol. The molecule has 0 unspecified atom stereocenters. The van der Waals surface area contributed by atoms with Crippen LogP contribution in [0.3, 0.4) is 0 Å². The van der Waals surface area contributed by atoms with Crippen LogP contribution >= 0.6 is 0 Å². The van der Waals surface area contributed by atoms with Gasteiger partial charge in [0.2, 0.25) is 0 Å². The van der Waals surface area contributed by atoms with Crippen LogP contribution in [0.15, 0.2) is 54.6 Å². The lowest BCUT2D eigenvalue weighted by atomic mass is 9.78. The van der Waals surface area contributed by atoms with Gasteiger partial charge in [-0.3, -0.25) is 9.59 Å². The molecule has 4 nitrogen and oxygen atoms in total. The second-order valence-electron chi connectivity index (χ2n) is 8.18. The third-order valence-corrected chi connectivity index (χ3v) is 5.66. The number of Topliss-reactive ketones (excluding diaryl/α,β-unsaturated/α-hetero) is 1. The summed E-state index contributed by atoms with van der Waals surface area (Å²) in [4.78, 5) is 33.0. The van der Waals surface area contributed by atoms with Crippen LogP contribution in [-0.2, 0) is 6.54 Å². The Labute approximate surface area is 163 Å². The number of ketones is 1. The van der Waals surface area contributed by atoms with Crippen molar-refractivity contribution in [2.24, 2.45) is 5.41 Å². The average molecular weight is 368 g/mol. The van der Waals surface area contributed by atoms with Gasteiger partial charge in [0.25, 0.3) is 5.91 Å². The molecule has 0 saturated heterocycles. The highest BCUT2D eigenvalue weighted by Crippen LogP contribution is 2.46. The number of amides is 1. The number of para-hydroxylation sites is 1. The van der Waals surface area contributed by atoms with E-state index < -0.39 is 5.41 Å². The second kappa shape index (κ2) is 5.61. The fraction of sp³-hybridized carbons (Fsp3) is 0.208. The van der Waals surface area contributed by atoms with Crippen LogP contribution in [-0.4, -0.2) is 21.6 Å². The molecule has 2 aliphatic rings. The Hall–Kier alpha value is -3.27. The average Bonchev–Trinajstić information content (AvgIpc) is 2.94. The van der Waals surface area contributed by atoms with E-state index in [2.05, 4.69) is 4.98 Å². The number of benzene rings is 2. The van der Waals surface area contributed by atoms with E-state index in [4.69, 9.17) is 0 Å². The number of pyridine rings is 1. The van der Waals surface area contributed by atoms with Gasteiger partial charge in [0.05, 0.1) is 23.3 Å². The third kappa shape index (κ3) is 2.27. The van der Waals surface area contributed by atoms with Gasteiger partial charge in [-0.05, 0) is 38.5 Å². The van der Waals surface area contributed by atoms with Gasteiger partial charge in [0, 0.05) is 16.4 Å². The van der Waals surface area contributed by atoms with Crippen molar-refractivity contribution in [3.05, 3.63) is 82.6 Å². The fourth-order valence-electron chi connectivity index (χ4n) is 4.12. The van der Waals surface area contributed by atoms with Crippen molar-refractivity contribution in [3.63, 3.8) is 0 Å². The lowest BCUT2D eigenvalue weighted by molar-refractivity contribution is 0.0835. The van der Waals surface area contributed by atoms with E-state index >= 15 is 0 Å². The van der Waals surface area contributed by atoms with E-state index in [1.807, 2.05) is 75.4 Å². The molecule has 2 heterocycles. The van der Waals surface area contributed by atoms with Crippen molar-refractivity contribution >= 4 is 28.3 Å². The van der Waals surface area contributed by atoms with E-state index in [1.165, 1.54) is 5.56 Å². The molecular formula is C24H20N2O2. The number of allylic oxidation sites excluding steroid dienone is 1. The molecule has 3 aromatic rings. The highest BCUT2D eigenvalue weighted by Gasteiger charge is 2.45. The largest absolute Gasteiger partial charge is 0.303 e. The summed E-state index contributed by atoms with van der Waals surface area (Å²) >= 11 is 0. The van der Waals surface area contributed by atoms with Crippen molar-refractivity contribution in [3.8, 4) is 0 Å². The van der Waals surface area contributed by atoms with Crippen LogP contribution in [0.1, 0.15) is 51.4 Å². The molecule has 0 fully saturated rings. The van der Waals surface area contributed by atoms with Gasteiger partial charge in [0.15, 0.2) is 5.78 Å². The van der Waals surface area contributed by atoms with Crippen LogP contribution in [0.2, 0.25) is 0 Å². The zero-order valence-electron chi connectivity index (χ0n) is 16.1. The lowest BCUT2D eigenvalue weighted by Gasteiger charge is -2.28. The number of aryl methyl sites for hydroxylation is 1. The second-order valence-corrected chi connectivity index (χ2v) is 8.18. The number of aromatic nitrogens is 1. The Kier molecular flexibility index (Phi) is 3.38. The Bertz CT molecular complexity index is 1200. The standard InChI is InChI=1S/C24H20N2O2/c1-14-8-10-15(11-9-14)13-26-18-12-24(2,3)22(27)21-20(18)19(23(26)28)16-6-4-5-7-17(16)25-21/h4-12H,13H2,1-3H3. The SMILES string of the molecule is Cc1ccc(CN2C(=O)c3c4c(nc5ccccc35)C(=O)C(C)(C)C=C42)cc1. The zero-order chi connectivity index (χ0) is 19.6. The summed E-state index contributed by atoms with van der Waals surface area (Å²) in [5.41, 5.74) is 4.73. The van der Waals surface area contributed by atoms with E-state index in [-0.39, 0.29) is 11.7 Å². The van der Waals surface area contributed by atoms with Gasteiger partial charge < -0.3 is 4.90 Å². The molecule has 0 saturated carbocycles. The van der Waals surface area contributed by atoms with Crippen LogP contribution in [0.5, 0.6) is 0 Å². The van der Waals surface area contributed by atoms with Crippen molar-refractivity contribution in [1.29, 1.82) is 0 Å². The van der Waals surface area contributed by atoms with Crippen LogP contribution in [0.25, 0.3) is 16.6 Å². The number of hydrogen-bond acceptors (Lipinski definition) is 3. The van der Waals surface area contributed by atoms with E-state index in [1.54, 1.807) is 4.90 Å². The molecule has 28 heavy (non-hydrogen) atoms. The van der Waals surface area contributed by atoms with Gasteiger partial charge in [-0.25, -0.2) is 4.98 Å². The molecule has 1 amide bonds. The Morgan fingerprint density at radius 2 is 1.68 bits per heavy atom. The Balaban J connectivity index is 1.75. The first-order valence-corrected chi connectivity index (χ1v) is 9.45. The van der Waals surface area contributed by atoms with E-state index in [0.29, 0.717) is 28.9 Å². The van der Waals surface area contributed by atoms with Crippen molar-refractivity contribution in [1.82, 2.24) is 9.88 Å². The topological polar surface area (TPSA) is 50.3 Å². The summed E-state index contributed by atoms with van der Waals surface area (Å²) in [5.74, 6) is -0.101. The van der Waals surface area contributed by atoms with Crippen LogP contribution < -0.4 is 0 Å². The summed E-state index contributed by atoms with van der Waals surface area (Å²) in [5, 5.41) is 0.802. The Morgan fingerprint density at radius 1 is 0.964 bits per heavy atom. The smallest absolute Gasteiger partial charge is 0.260 e. The maximum Gasteiger partial charge on any atom is 0.260 e. The number of fused-ring (bicyclic) bond motifs is 2. The molecule has 0 bridgehead atoms. The number of hydrogen-bond donors (Lipinski definition) is 0. The molecule has 5 rings (SSSR count). The lowest BCUT2D eigenvalue weighted by Crippen LogP contribution is -2.30. The number of rotatable bonds is 2. The van der Waals surface area contributed by atoms with Gasteiger partial charge in [-0.2, -0.15) is 0 Å². The van der Waals surface area contributed by atoms with Gasteiger partial charge >= 0.3 is 0 Å². The normalized spacial score (nSPS) is 17.1. The molecule has 4 heteroatoms. The summed E-state index contributed by atoms with van der Waals surface area (Å²) < 4.78 is 0. The molecule has 1 aromatic heterocycles. The highest BCUT2D eigenvalue weighted by atomic mass is 16.2. The monoisotopic (exact) mass is 368 g/mol. The minimum atomic E-state index is -0.703. The predicted molar refractivity (Wildman–Crippen MR) is 109 cm³/mol. The van der Waals surface area contributed by atoms with Crippen molar-refractivity contribution < 1.29 is 9.59 Å². The molecule has 0 spiro atoms. The summed E-state index contributed by atoms with van der Waals surface area (Å²) in [6.45, 7) is 6.28. The number of carbonyl (C=O) groups is 2. The highest BCUT2D eigenvalue weighted by molar-refractivity contribution is 6.22. The molecule has 1 aliphatic heterocycles. The van der Waals surface area contributed by atoms with Gasteiger partial charge in [0.1, 0.15) is 5.69 Å². The first-order chi connectivity index (χ1) is 13.4. The Morgan fingerprint density at radius 3 is 2.43 bits per heavy atom. The predicted octanol–water partition coefficient (Wildman–Crippen LogP) is 4.76. The molecule has 0 radical (unpaired) electrons. The van der Waals surface area contributed by atoms with E-state index in [9.17, 15) is 9.59 Å². The summed E-state index contributed by atoms with van der Waals surface area (Å²) in [6, 6.07) is 15.7. The molecule has 1 aliphatic carbocycles. The minimum Gasteiger partial charge on any atom is -0.303 e. The number of carbonyl (C=O) groups excluding carboxylic acids is 2. The van der Waals surface area contributed by atoms with Crippen molar-refractivity contribution in [2.75, 3.05) is 0 Å². The molecule has 2 aromatic carbocycles. The minimum absolute atomic E-state index is 0.0387. The molecule has 0 N–H and O–H groups in total. The first kappa shape index (κ1) is 16.9. The van der Waals surface area contributed by atoms with Crippen molar-refractivity contribution in [2.45, 2.75) is 27.3 Å². The third-order valence-electron chi connectivity index (χ3n) is 5.66. The van der Waals surface area contributed by atoms with Crippen LogP contribution in [0, 0.1) is 12.3 Å². The molecule has 0 atom stereocenters. The van der Waals surface area contributed by atoms with Gasteiger partial charge in [-0.1, -0.05) is 48.0 Å². The maximum atomic E-state index is 13.5. The number of nitrogens with zero attached hydrogens (tertiary/aromatic N) is 2. The van der Waals surface area contributed by atoms with Gasteiger partial charge in [-0.15, -0.1) is 0 Å². The quantitative estimate of drug-likeness (QED) is 0.655. The zero-order valence-corrected chi connectivity index (χ0v) is 16.1. The maximum absolute atomic E-state index is 13.5. The fourth-order valence-corrected chi connectivity index (χ4v) is 4.12. The molecule has 138 valence electrons. The van der Waals surface area contributed by atoms with Crippen LogP contribution in [0.4, 0.5) is 0 Å².